The van der Waals surface area contributed by atoms with Crippen LogP contribution in [0.4, 0.5) is 0 Å². The van der Waals surface area contributed by atoms with Crippen LogP contribution in [0, 0.1) is 5.41 Å². The Morgan fingerprint density at radius 1 is 0.731 bits per heavy atom. The van der Waals surface area contributed by atoms with Gasteiger partial charge in [0.15, 0.2) is 5.96 Å². The van der Waals surface area contributed by atoms with Gasteiger partial charge < -0.3 is 36.0 Å². The molecule has 0 unspecified atom stereocenters. The van der Waals surface area contributed by atoms with E-state index in [1.807, 2.05) is 28.2 Å². The average Bonchev–Trinajstić information content (AvgIpc) is 2.45. The lowest BCUT2D eigenvalue weighted by molar-refractivity contribution is -0.145. The minimum absolute atomic E-state index is 0.278. The second-order valence-corrected chi connectivity index (χ2v) is 5.04. The van der Waals surface area contributed by atoms with E-state index in [4.69, 9.17) is 25.8 Å². The summed E-state index contributed by atoms with van der Waals surface area (Å²) in [4.78, 5) is 44.0. The smallest absolute Gasteiger partial charge is 0.317 e. The molecule has 26 heavy (non-hydrogen) atoms. The molecule has 7 N–H and O–H groups in total. The normalized spacial score (nSPS) is 9.00. The van der Waals surface area contributed by atoms with Crippen LogP contribution in [0.3, 0.4) is 0 Å². The molecule has 0 fully saturated rings. The molecule has 0 aliphatic rings. The Kier molecular flexibility index (Phi) is 16.7. The van der Waals surface area contributed by atoms with Crippen LogP contribution in [0.1, 0.15) is 0 Å². The van der Waals surface area contributed by atoms with Gasteiger partial charge >= 0.3 is 23.9 Å². The fraction of sp³-hybridized carbons (Fsp3) is 0.615. The molecule has 0 radical (unpaired) electrons. The monoisotopic (exact) mass is 381 g/mol. The van der Waals surface area contributed by atoms with Gasteiger partial charge in [0.05, 0.1) is 26.2 Å². The number of nitrogens with one attached hydrogen (secondary N) is 1. The van der Waals surface area contributed by atoms with Crippen molar-refractivity contribution in [1.82, 2.24) is 14.7 Å². The third kappa shape index (κ3) is 23.3. The molecule has 0 aliphatic heterocycles. The molecule has 0 aliphatic carbocycles. The zero-order chi connectivity index (χ0) is 21.4. The minimum atomic E-state index is -1.26. The van der Waals surface area contributed by atoms with Crippen LogP contribution in [-0.4, -0.2) is 119 Å². The second-order valence-electron chi connectivity index (χ2n) is 5.04. The fourth-order valence-corrected chi connectivity index (χ4v) is 1.14. The molecular weight excluding hydrogens is 354 g/mol. The Morgan fingerprint density at radius 2 is 0.962 bits per heavy atom. The maximum atomic E-state index is 10.1. The summed E-state index contributed by atoms with van der Waals surface area (Å²) in [5, 5.41) is 39.7. The molecule has 152 valence electrons. The van der Waals surface area contributed by atoms with Crippen LogP contribution in [-0.2, 0) is 19.2 Å². The molecule has 13 nitrogen and oxygen atoms in total. The van der Waals surface area contributed by atoms with Crippen LogP contribution >= 0.6 is 0 Å². The SMILES string of the molecule is CN(C)C(=N)N(C)C.NCC(=O)O.O=C(O)CN(CC(=O)O)CC(=O)O. The maximum absolute atomic E-state index is 10.1. The van der Waals surface area contributed by atoms with Crippen LogP contribution in [0.5, 0.6) is 0 Å². The van der Waals surface area contributed by atoms with Crippen molar-refractivity contribution < 1.29 is 39.6 Å². The molecule has 0 atom stereocenters. The van der Waals surface area contributed by atoms with E-state index in [1.54, 1.807) is 9.80 Å². The predicted molar refractivity (Wildman–Crippen MR) is 91.1 cm³/mol. The highest BCUT2D eigenvalue weighted by Crippen LogP contribution is 1.87. The highest BCUT2D eigenvalue weighted by Gasteiger charge is 2.15. The van der Waals surface area contributed by atoms with Crippen molar-refractivity contribution in [2.45, 2.75) is 0 Å². The van der Waals surface area contributed by atoms with Crippen molar-refractivity contribution in [2.24, 2.45) is 5.73 Å². The summed E-state index contributed by atoms with van der Waals surface area (Å²) < 4.78 is 0. The first-order chi connectivity index (χ1) is 11.7. The number of nitrogens with zero attached hydrogens (tertiary/aromatic N) is 3. The zero-order valence-electron chi connectivity index (χ0n) is 15.2. The van der Waals surface area contributed by atoms with Gasteiger partial charge in [-0.1, -0.05) is 0 Å². The predicted octanol–water partition coefficient (Wildman–Crippen LogP) is -2.38. The molecule has 0 aromatic carbocycles. The van der Waals surface area contributed by atoms with Crippen molar-refractivity contribution in [3.05, 3.63) is 0 Å². The van der Waals surface area contributed by atoms with Crippen molar-refractivity contribution in [1.29, 1.82) is 5.41 Å². The lowest BCUT2D eigenvalue weighted by atomic mass is 10.4. The van der Waals surface area contributed by atoms with Crippen LogP contribution < -0.4 is 5.73 Å². The van der Waals surface area contributed by atoms with Gasteiger partial charge in [-0.3, -0.25) is 29.5 Å². The van der Waals surface area contributed by atoms with E-state index >= 15 is 0 Å². The van der Waals surface area contributed by atoms with Crippen LogP contribution in [0.2, 0.25) is 0 Å². The number of hydrogen-bond donors (Lipinski definition) is 6. The highest BCUT2D eigenvalue weighted by atomic mass is 16.4. The maximum Gasteiger partial charge on any atom is 0.317 e. The van der Waals surface area contributed by atoms with Gasteiger partial charge in [-0.2, -0.15) is 0 Å². The Hall–Kier alpha value is -2.93. The number of carboxylic acid groups (broad SMARTS) is 4. The largest absolute Gasteiger partial charge is 0.480 e. The van der Waals surface area contributed by atoms with E-state index in [0.717, 1.165) is 4.90 Å². The number of carbonyl (C=O) groups is 4. The molecular formula is C13H27N5O8. The summed E-state index contributed by atoms with van der Waals surface area (Å²) in [6.45, 7) is -2.07. The first kappa shape index (κ1) is 27.9. The molecule has 0 saturated carbocycles. The van der Waals surface area contributed by atoms with E-state index in [1.165, 1.54) is 0 Å². The summed E-state index contributed by atoms with van der Waals surface area (Å²) in [5.74, 6) is -4.23. The fourth-order valence-electron chi connectivity index (χ4n) is 1.14. The third-order valence-corrected chi connectivity index (χ3v) is 2.10. The molecule has 0 spiro atoms. The first-order valence-corrected chi connectivity index (χ1v) is 6.97. The number of rotatable bonds is 7. The van der Waals surface area contributed by atoms with Crippen molar-refractivity contribution in [3.8, 4) is 0 Å². The quantitative estimate of drug-likeness (QED) is 0.202. The number of hydrogen-bond acceptors (Lipinski definition) is 7. The van der Waals surface area contributed by atoms with E-state index in [0.29, 0.717) is 5.96 Å². The Bertz CT molecular complexity index is 433. The number of aliphatic carboxylic acids is 4. The Morgan fingerprint density at radius 3 is 1.04 bits per heavy atom. The third-order valence-electron chi connectivity index (χ3n) is 2.10. The van der Waals surface area contributed by atoms with Gasteiger partial charge in [0, 0.05) is 28.2 Å². The molecule has 0 bridgehead atoms. The summed E-state index contributed by atoms with van der Waals surface area (Å²) >= 11 is 0. The second kappa shape index (κ2) is 15.6. The van der Waals surface area contributed by atoms with Crippen molar-refractivity contribution in [2.75, 3.05) is 54.4 Å². The lowest BCUT2D eigenvalue weighted by Gasteiger charge is -2.19. The van der Waals surface area contributed by atoms with Gasteiger partial charge in [0.25, 0.3) is 0 Å². The van der Waals surface area contributed by atoms with E-state index in [2.05, 4.69) is 5.73 Å². The zero-order valence-corrected chi connectivity index (χ0v) is 15.2. The molecule has 0 rings (SSSR count). The molecule has 0 aromatic heterocycles. The first-order valence-electron chi connectivity index (χ1n) is 6.97. The van der Waals surface area contributed by atoms with E-state index in [-0.39, 0.29) is 6.54 Å². The average molecular weight is 381 g/mol. The van der Waals surface area contributed by atoms with E-state index in [9.17, 15) is 19.2 Å². The Labute approximate surface area is 150 Å². The minimum Gasteiger partial charge on any atom is -0.480 e. The molecule has 13 heteroatoms. The molecule has 0 saturated heterocycles. The number of carboxylic acids is 4. The lowest BCUT2D eigenvalue weighted by Crippen LogP contribution is -2.38. The summed E-state index contributed by atoms with van der Waals surface area (Å²) in [5.41, 5.74) is 4.57. The summed E-state index contributed by atoms with van der Waals surface area (Å²) in [7, 11) is 7.40. The Balaban J connectivity index is -0.000000346. The van der Waals surface area contributed by atoms with Gasteiger partial charge in [-0.05, 0) is 0 Å². The van der Waals surface area contributed by atoms with Crippen LogP contribution in [0.15, 0.2) is 0 Å². The summed E-state index contributed by atoms with van der Waals surface area (Å²) in [6, 6.07) is 0. The van der Waals surface area contributed by atoms with Gasteiger partial charge in [-0.15, -0.1) is 0 Å². The van der Waals surface area contributed by atoms with Gasteiger partial charge in [0.2, 0.25) is 0 Å². The standard InChI is InChI=1S/C6H9NO6.C5H13N3.C2H5NO2/c8-4(9)1-7(2-5(10)11)3-6(12)13;1-7(2)5(6)8(3)4;3-1-2(4)5/h1-3H2,(H,8,9)(H,10,11)(H,12,13);6H,1-4H3;1,3H2,(H,4,5). The highest BCUT2D eigenvalue weighted by molar-refractivity contribution is 5.76. The molecule has 0 heterocycles. The van der Waals surface area contributed by atoms with Gasteiger partial charge in [-0.25, -0.2) is 0 Å². The molecule has 0 aromatic rings. The van der Waals surface area contributed by atoms with Crippen LogP contribution in [0.25, 0.3) is 0 Å². The van der Waals surface area contributed by atoms with Crippen molar-refractivity contribution >= 4 is 29.8 Å². The summed E-state index contributed by atoms with van der Waals surface area (Å²) in [6.07, 6.45) is 0. The molecule has 0 amide bonds. The van der Waals surface area contributed by atoms with Gasteiger partial charge in [0.1, 0.15) is 0 Å². The number of nitrogens with two attached hydrogens (primary N) is 1. The topological polar surface area (TPSA) is 209 Å². The van der Waals surface area contributed by atoms with E-state index < -0.39 is 43.5 Å². The van der Waals surface area contributed by atoms with Crippen molar-refractivity contribution in [3.63, 3.8) is 0 Å². The number of guanidine groups is 1.